The lowest BCUT2D eigenvalue weighted by Gasteiger charge is -2.06. The number of carbonyl (C=O) groups excluding carboxylic acids is 1. The molecule has 0 saturated heterocycles. The molecule has 5 nitrogen and oxygen atoms in total. The Labute approximate surface area is 112 Å². The first-order chi connectivity index (χ1) is 8.53. The van der Waals surface area contributed by atoms with Crippen molar-refractivity contribution in [3.05, 3.63) is 27.7 Å². The molecule has 0 aromatic heterocycles. The lowest BCUT2D eigenvalue weighted by molar-refractivity contribution is -0.135. The van der Waals surface area contributed by atoms with Gasteiger partial charge in [0, 0.05) is 4.47 Å². The fourth-order valence-electron chi connectivity index (χ4n) is 1.24. The summed E-state index contributed by atoms with van der Waals surface area (Å²) in [5.74, 6) is -0.527. The summed E-state index contributed by atoms with van der Waals surface area (Å²) in [7, 11) is 2.60. The number of esters is 1. The molecule has 0 saturated carbocycles. The smallest absolute Gasteiger partial charge is 0.348 e. The van der Waals surface area contributed by atoms with E-state index in [1.54, 1.807) is 6.07 Å². The molecule has 0 aliphatic heterocycles. The molecule has 0 heterocycles. The predicted octanol–water partition coefficient (Wildman–Crippen LogP) is 2.24. The Bertz CT molecular complexity index is 546. The van der Waals surface area contributed by atoms with Gasteiger partial charge in [-0.25, -0.2) is 4.79 Å². The number of nitrogens with zero attached hydrogens (tertiary/aromatic N) is 1. The molecule has 0 aliphatic rings. The summed E-state index contributed by atoms with van der Waals surface area (Å²) in [5.41, 5.74) is 0.373. The van der Waals surface area contributed by atoms with Gasteiger partial charge in [-0.1, -0.05) is 15.9 Å². The summed E-state index contributed by atoms with van der Waals surface area (Å²) in [6.45, 7) is 0. The number of halogens is 1. The van der Waals surface area contributed by atoms with Crippen LogP contribution >= 0.6 is 15.9 Å². The van der Waals surface area contributed by atoms with Crippen LogP contribution in [0.4, 0.5) is 0 Å². The Morgan fingerprint density at radius 1 is 1.50 bits per heavy atom. The van der Waals surface area contributed by atoms with Crippen LogP contribution in [0.3, 0.4) is 0 Å². The molecule has 0 radical (unpaired) electrons. The minimum Gasteiger partial charge on any atom is -0.504 e. The Morgan fingerprint density at radius 2 is 2.17 bits per heavy atom. The quantitative estimate of drug-likeness (QED) is 0.526. The summed E-state index contributed by atoms with van der Waals surface area (Å²) < 4.78 is 9.94. The molecule has 6 heteroatoms. The maximum absolute atomic E-state index is 11.3. The number of aromatic hydroxyl groups is 1. The van der Waals surface area contributed by atoms with Gasteiger partial charge in [0.25, 0.3) is 0 Å². The molecule has 1 aromatic carbocycles. The Morgan fingerprint density at radius 3 is 2.67 bits per heavy atom. The molecular weight excluding hydrogens is 302 g/mol. The van der Waals surface area contributed by atoms with Gasteiger partial charge in [-0.15, -0.1) is 0 Å². The molecule has 0 aliphatic carbocycles. The highest BCUT2D eigenvalue weighted by Gasteiger charge is 2.12. The van der Waals surface area contributed by atoms with Crippen LogP contribution < -0.4 is 4.74 Å². The van der Waals surface area contributed by atoms with Crippen LogP contribution in [0.2, 0.25) is 0 Å². The highest BCUT2D eigenvalue weighted by Crippen LogP contribution is 2.33. The van der Waals surface area contributed by atoms with E-state index < -0.39 is 5.97 Å². The first kappa shape index (κ1) is 14.1. The van der Waals surface area contributed by atoms with E-state index in [2.05, 4.69) is 20.7 Å². The normalized spacial score (nSPS) is 10.7. The third-order valence-corrected chi connectivity index (χ3v) is 2.81. The number of ether oxygens (including phenoxy) is 2. The SMILES string of the molecule is COC(=O)C(C#N)=Cc1cc(OC)c(O)cc1Br. The second-order valence-electron chi connectivity index (χ2n) is 3.21. The van der Waals surface area contributed by atoms with E-state index in [1.807, 2.05) is 0 Å². The molecule has 0 spiro atoms. The topological polar surface area (TPSA) is 79.6 Å². The van der Waals surface area contributed by atoms with Gasteiger partial charge in [0.05, 0.1) is 14.2 Å². The van der Waals surface area contributed by atoms with Gasteiger partial charge < -0.3 is 14.6 Å². The number of methoxy groups -OCH3 is 2. The van der Waals surface area contributed by atoms with Gasteiger partial charge in [-0.2, -0.15) is 5.26 Å². The number of hydrogen-bond acceptors (Lipinski definition) is 5. The molecule has 0 unspecified atom stereocenters. The molecule has 18 heavy (non-hydrogen) atoms. The molecule has 0 amide bonds. The lowest BCUT2D eigenvalue weighted by atomic mass is 10.1. The van der Waals surface area contributed by atoms with Crippen molar-refractivity contribution in [1.82, 2.24) is 0 Å². The largest absolute Gasteiger partial charge is 0.504 e. The molecular formula is C12H10BrNO4. The van der Waals surface area contributed by atoms with Crippen LogP contribution in [0.15, 0.2) is 22.2 Å². The Kier molecular flexibility index (Phi) is 4.75. The second-order valence-corrected chi connectivity index (χ2v) is 4.06. The minimum absolute atomic E-state index is 0.0434. The van der Waals surface area contributed by atoms with Crippen molar-refractivity contribution < 1.29 is 19.4 Å². The van der Waals surface area contributed by atoms with E-state index in [-0.39, 0.29) is 17.1 Å². The molecule has 0 atom stereocenters. The van der Waals surface area contributed by atoms with Gasteiger partial charge in [0.1, 0.15) is 11.6 Å². The summed E-state index contributed by atoms with van der Waals surface area (Å²) in [6, 6.07) is 4.66. The molecule has 1 aromatic rings. The minimum atomic E-state index is -0.726. The van der Waals surface area contributed by atoms with Crippen molar-refractivity contribution in [1.29, 1.82) is 5.26 Å². The van der Waals surface area contributed by atoms with Crippen LogP contribution in [0.1, 0.15) is 5.56 Å². The monoisotopic (exact) mass is 311 g/mol. The summed E-state index contributed by atoms with van der Waals surface area (Å²) >= 11 is 3.22. The van der Waals surface area contributed by atoms with Crippen LogP contribution in [0, 0.1) is 11.3 Å². The van der Waals surface area contributed by atoms with Crippen LogP contribution in [0.5, 0.6) is 11.5 Å². The molecule has 1 rings (SSSR count). The predicted molar refractivity (Wildman–Crippen MR) is 68.0 cm³/mol. The lowest BCUT2D eigenvalue weighted by Crippen LogP contribution is -2.02. The maximum Gasteiger partial charge on any atom is 0.348 e. The van der Waals surface area contributed by atoms with Gasteiger partial charge in [0.2, 0.25) is 0 Å². The molecule has 1 N–H and O–H groups in total. The third-order valence-electron chi connectivity index (χ3n) is 2.12. The van der Waals surface area contributed by atoms with E-state index in [0.717, 1.165) is 0 Å². The van der Waals surface area contributed by atoms with Crippen molar-refractivity contribution in [3.63, 3.8) is 0 Å². The highest BCUT2D eigenvalue weighted by atomic mass is 79.9. The first-order valence-electron chi connectivity index (χ1n) is 4.80. The molecule has 0 bridgehead atoms. The van der Waals surface area contributed by atoms with E-state index in [4.69, 9.17) is 10.00 Å². The van der Waals surface area contributed by atoms with Crippen LogP contribution in [0.25, 0.3) is 6.08 Å². The first-order valence-corrected chi connectivity index (χ1v) is 5.59. The average Bonchev–Trinajstić information content (AvgIpc) is 2.37. The Balaban J connectivity index is 3.30. The van der Waals surface area contributed by atoms with Gasteiger partial charge in [-0.3, -0.25) is 0 Å². The van der Waals surface area contributed by atoms with Crippen LogP contribution in [-0.2, 0) is 9.53 Å². The van der Waals surface area contributed by atoms with Gasteiger partial charge in [-0.05, 0) is 23.8 Å². The molecule has 0 fully saturated rings. The highest BCUT2D eigenvalue weighted by molar-refractivity contribution is 9.10. The summed E-state index contributed by atoms with van der Waals surface area (Å²) in [4.78, 5) is 11.3. The fraction of sp³-hybridized carbons (Fsp3) is 0.167. The number of benzene rings is 1. The van der Waals surface area contributed by atoms with Gasteiger partial charge in [0.15, 0.2) is 11.5 Å². The average molecular weight is 312 g/mol. The van der Waals surface area contributed by atoms with E-state index >= 15 is 0 Å². The van der Waals surface area contributed by atoms with E-state index in [0.29, 0.717) is 10.0 Å². The third kappa shape index (κ3) is 3.02. The zero-order valence-electron chi connectivity index (χ0n) is 9.73. The van der Waals surface area contributed by atoms with Crippen molar-refractivity contribution in [2.45, 2.75) is 0 Å². The summed E-state index contributed by atoms with van der Waals surface area (Å²) in [6.07, 6.45) is 1.35. The van der Waals surface area contributed by atoms with E-state index in [9.17, 15) is 9.90 Å². The Hall–Kier alpha value is -2.00. The van der Waals surface area contributed by atoms with Crippen molar-refractivity contribution in [2.75, 3.05) is 14.2 Å². The second kappa shape index (κ2) is 6.07. The fourth-order valence-corrected chi connectivity index (χ4v) is 1.68. The number of carbonyl (C=O) groups is 1. The maximum atomic E-state index is 11.3. The van der Waals surface area contributed by atoms with Crippen molar-refractivity contribution in [3.8, 4) is 17.6 Å². The van der Waals surface area contributed by atoms with Crippen molar-refractivity contribution in [2.24, 2.45) is 0 Å². The van der Waals surface area contributed by atoms with E-state index in [1.165, 1.54) is 32.4 Å². The van der Waals surface area contributed by atoms with Crippen molar-refractivity contribution >= 4 is 28.0 Å². The number of phenols is 1. The zero-order valence-corrected chi connectivity index (χ0v) is 11.3. The molecule has 94 valence electrons. The zero-order chi connectivity index (χ0) is 13.7. The number of phenolic OH excluding ortho intramolecular Hbond substituents is 1. The standard InChI is InChI=1S/C12H10BrNO4/c1-17-11-4-7(9(13)5-10(11)15)3-8(6-14)12(16)18-2/h3-5,15H,1-2H3. The number of rotatable bonds is 3. The van der Waals surface area contributed by atoms with Gasteiger partial charge >= 0.3 is 5.97 Å². The number of nitriles is 1. The summed E-state index contributed by atoms with van der Waals surface area (Å²) in [5, 5.41) is 18.4. The van der Waals surface area contributed by atoms with Crippen LogP contribution in [-0.4, -0.2) is 25.3 Å². The number of hydrogen-bond donors (Lipinski definition) is 1.